The maximum atomic E-state index is 12.3. The highest BCUT2D eigenvalue weighted by Gasteiger charge is 2.25. The summed E-state index contributed by atoms with van der Waals surface area (Å²) in [5, 5.41) is 8.59. The smallest absolute Gasteiger partial charge is 0.273 e. The van der Waals surface area contributed by atoms with Crippen LogP contribution in [0.1, 0.15) is 36.2 Å². The molecule has 1 aromatic carbocycles. The van der Waals surface area contributed by atoms with E-state index in [1.54, 1.807) is 24.1 Å². The predicted molar refractivity (Wildman–Crippen MR) is 104 cm³/mol. The second-order valence-electron chi connectivity index (χ2n) is 6.92. The van der Waals surface area contributed by atoms with Crippen molar-refractivity contribution in [3.63, 3.8) is 0 Å². The number of aryl methyl sites for hydroxylation is 1. The molecule has 1 fully saturated rings. The van der Waals surface area contributed by atoms with Crippen molar-refractivity contribution in [2.24, 2.45) is 7.05 Å². The summed E-state index contributed by atoms with van der Waals surface area (Å²) in [5.74, 6) is 0.648. The number of carbonyl (C=O) groups is 1. The van der Waals surface area contributed by atoms with Crippen molar-refractivity contribution in [3.05, 3.63) is 53.4 Å². The summed E-state index contributed by atoms with van der Waals surface area (Å²) >= 11 is 6.04. The van der Waals surface area contributed by atoms with Gasteiger partial charge in [0.25, 0.3) is 5.91 Å². The number of pyridine rings is 1. The highest BCUT2D eigenvalue weighted by molar-refractivity contribution is 6.33. The Morgan fingerprint density at radius 3 is 2.81 bits per heavy atom. The summed E-state index contributed by atoms with van der Waals surface area (Å²) in [6.45, 7) is 0. The Morgan fingerprint density at radius 1 is 1.26 bits per heavy atom. The number of fused-ring (bicyclic) bond motifs is 1. The van der Waals surface area contributed by atoms with Crippen LogP contribution in [0.4, 0.5) is 0 Å². The summed E-state index contributed by atoms with van der Waals surface area (Å²) < 4.78 is 7.69. The number of hydrogen-bond donors (Lipinski definition) is 1. The third kappa shape index (κ3) is 4.06. The number of halogens is 1. The van der Waals surface area contributed by atoms with Gasteiger partial charge in [0.1, 0.15) is 5.75 Å². The number of nitrogens with zero attached hydrogens (tertiary/aromatic N) is 3. The van der Waals surface area contributed by atoms with Crippen molar-refractivity contribution in [2.75, 3.05) is 0 Å². The van der Waals surface area contributed by atoms with Crippen LogP contribution in [0.3, 0.4) is 0 Å². The minimum Gasteiger partial charge on any atom is -0.490 e. The predicted octanol–water partition coefficient (Wildman–Crippen LogP) is 3.74. The molecule has 140 valence electrons. The zero-order chi connectivity index (χ0) is 18.8. The first-order chi connectivity index (χ1) is 13.1. The van der Waals surface area contributed by atoms with Crippen LogP contribution in [0.25, 0.3) is 10.9 Å². The Labute approximate surface area is 162 Å². The minimum absolute atomic E-state index is 0.122. The zero-order valence-electron chi connectivity index (χ0n) is 15.1. The van der Waals surface area contributed by atoms with Gasteiger partial charge >= 0.3 is 0 Å². The fourth-order valence-electron chi connectivity index (χ4n) is 3.51. The molecule has 0 radical (unpaired) electrons. The molecular weight excluding hydrogens is 364 g/mol. The Hall–Kier alpha value is -2.60. The Morgan fingerprint density at radius 2 is 2.07 bits per heavy atom. The molecule has 1 aliphatic rings. The van der Waals surface area contributed by atoms with Crippen LogP contribution < -0.4 is 10.1 Å². The Kier molecular flexibility index (Phi) is 4.99. The number of amides is 1. The summed E-state index contributed by atoms with van der Waals surface area (Å²) in [4.78, 5) is 16.7. The number of rotatable bonds is 4. The van der Waals surface area contributed by atoms with E-state index < -0.39 is 0 Å². The lowest BCUT2D eigenvalue weighted by atomic mass is 9.93. The van der Waals surface area contributed by atoms with Gasteiger partial charge in [-0.25, -0.2) is 0 Å². The van der Waals surface area contributed by atoms with Crippen LogP contribution >= 0.6 is 11.6 Å². The summed E-state index contributed by atoms with van der Waals surface area (Å²) in [6, 6.07) is 10.0. The highest BCUT2D eigenvalue weighted by Crippen LogP contribution is 2.26. The van der Waals surface area contributed by atoms with Crippen LogP contribution in [-0.4, -0.2) is 32.8 Å². The van der Waals surface area contributed by atoms with Crippen molar-refractivity contribution in [1.82, 2.24) is 20.1 Å². The zero-order valence-corrected chi connectivity index (χ0v) is 15.8. The normalized spacial score (nSPS) is 19.8. The second-order valence-corrected chi connectivity index (χ2v) is 7.33. The molecule has 1 aliphatic carbocycles. The minimum atomic E-state index is -0.216. The van der Waals surface area contributed by atoms with Crippen molar-refractivity contribution in [2.45, 2.75) is 37.8 Å². The van der Waals surface area contributed by atoms with Crippen molar-refractivity contribution >= 4 is 28.4 Å². The van der Waals surface area contributed by atoms with Crippen LogP contribution in [0.15, 0.2) is 42.7 Å². The molecule has 27 heavy (non-hydrogen) atoms. The maximum Gasteiger partial charge on any atom is 0.273 e. The number of carbonyl (C=O) groups excluding carboxylic acids is 1. The molecule has 0 spiro atoms. The molecule has 4 rings (SSSR count). The Bertz CT molecular complexity index is 964. The highest BCUT2D eigenvalue weighted by atomic mass is 35.5. The molecule has 0 aliphatic heterocycles. The lowest BCUT2D eigenvalue weighted by molar-refractivity contribution is 0.0888. The van der Waals surface area contributed by atoms with Gasteiger partial charge in [0.15, 0.2) is 5.69 Å². The van der Waals surface area contributed by atoms with E-state index in [0.29, 0.717) is 5.02 Å². The van der Waals surface area contributed by atoms with Crippen LogP contribution in [0.5, 0.6) is 5.75 Å². The van der Waals surface area contributed by atoms with E-state index in [-0.39, 0.29) is 23.7 Å². The summed E-state index contributed by atoms with van der Waals surface area (Å²) in [5.41, 5.74) is 1.24. The van der Waals surface area contributed by atoms with E-state index in [4.69, 9.17) is 16.3 Å². The largest absolute Gasteiger partial charge is 0.490 e. The second kappa shape index (κ2) is 7.56. The fourth-order valence-corrected chi connectivity index (χ4v) is 3.78. The van der Waals surface area contributed by atoms with Crippen LogP contribution in [-0.2, 0) is 7.05 Å². The molecule has 6 nitrogen and oxygen atoms in total. The van der Waals surface area contributed by atoms with E-state index in [0.717, 1.165) is 42.3 Å². The number of hydrogen-bond acceptors (Lipinski definition) is 4. The lowest BCUT2D eigenvalue weighted by Gasteiger charge is -2.29. The summed E-state index contributed by atoms with van der Waals surface area (Å²) in [6.07, 6.45) is 7.10. The van der Waals surface area contributed by atoms with Gasteiger partial charge in [-0.2, -0.15) is 5.10 Å². The van der Waals surface area contributed by atoms with E-state index in [2.05, 4.69) is 15.4 Å². The average Bonchev–Trinajstić information content (AvgIpc) is 3.01. The van der Waals surface area contributed by atoms with Crippen LogP contribution in [0.2, 0.25) is 5.02 Å². The van der Waals surface area contributed by atoms with Gasteiger partial charge in [-0.1, -0.05) is 17.7 Å². The third-order valence-corrected chi connectivity index (χ3v) is 5.16. The van der Waals surface area contributed by atoms with Gasteiger partial charge in [0, 0.05) is 30.9 Å². The first-order valence-corrected chi connectivity index (χ1v) is 9.48. The van der Waals surface area contributed by atoms with Gasteiger partial charge in [0.05, 0.1) is 16.6 Å². The number of ether oxygens (including phenoxy) is 1. The van der Waals surface area contributed by atoms with Gasteiger partial charge in [-0.05, 0) is 49.9 Å². The number of nitrogens with one attached hydrogen (secondary N) is 1. The number of aromatic nitrogens is 3. The maximum absolute atomic E-state index is 12.3. The first kappa shape index (κ1) is 17.8. The van der Waals surface area contributed by atoms with E-state index >= 15 is 0 Å². The molecular formula is C20H21ClN4O2. The molecule has 1 N–H and O–H groups in total. The average molecular weight is 385 g/mol. The molecule has 2 aromatic heterocycles. The molecule has 1 amide bonds. The molecule has 0 unspecified atom stereocenters. The van der Waals surface area contributed by atoms with Gasteiger partial charge in [0.2, 0.25) is 0 Å². The standard InChI is InChI=1S/C20H21ClN4O2/c1-25-12-17(21)19(24-25)20(26)23-14-4-6-15(7-5-14)27-16-8-9-18-13(11-16)3-2-10-22-18/h2-3,8-12,14-15H,4-7H2,1H3,(H,23,26). The number of benzene rings is 1. The van der Waals surface area contributed by atoms with Crippen molar-refractivity contribution in [1.29, 1.82) is 0 Å². The van der Waals surface area contributed by atoms with Gasteiger partial charge in [-0.3, -0.25) is 14.5 Å². The monoisotopic (exact) mass is 384 g/mol. The van der Waals surface area contributed by atoms with E-state index in [9.17, 15) is 4.79 Å². The first-order valence-electron chi connectivity index (χ1n) is 9.10. The molecule has 0 atom stereocenters. The molecule has 3 aromatic rings. The van der Waals surface area contributed by atoms with Gasteiger partial charge in [-0.15, -0.1) is 0 Å². The van der Waals surface area contributed by atoms with Gasteiger partial charge < -0.3 is 10.1 Å². The SMILES string of the molecule is Cn1cc(Cl)c(C(=O)NC2CCC(Oc3ccc4ncccc4c3)CC2)n1. The topological polar surface area (TPSA) is 69.0 Å². The van der Waals surface area contributed by atoms with Crippen LogP contribution in [0, 0.1) is 0 Å². The third-order valence-electron chi connectivity index (χ3n) is 4.89. The molecule has 1 saturated carbocycles. The summed E-state index contributed by atoms with van der Waals surface area (Å²) in [7, 11) is 1.74. The molecule has 0 saturated heterocycles. The van der Waals surface area contributed by atoms with Crippen molar-refractivity contribution < 1.29 is 9.53 Å². The molecule has 2 heterocycles. The van der Waals surface area contributed by atoms with E-state index in [1.807, 2.05) is 30.3 Å². The lowest BCUT2D eigenvalue weighted by Crippen LogP contribution is -2.40. The Balaban J connectivity index is 1.32. The van der Waals surface area contributed by atoms with E-state index in [1.165, 1.54) is 0 Å². The fraction of sp³-hybridized carbons (Fsp3) is 0.350. The molecule has 7 heteroatoms. The molecule has 0 bridgehead atoms. The van der Waals surface area contributed by atoms with Crippen molar-refractivity contribution in [3.8, 4) is 5.75 Å². The quantitative estimate of drug-likeness (QED) is 0.743.